The average molecular weight is 270 g/mol. The van der Waals surface area contributed by atoms with Crippen molar-refractivity contribution >= 4 is 16.9 Å². The minimum absolute atomic E-state index is 0.679. The molecule has 4 heteroatoms. The number of anilines is 1. The van der Waals surface area contributed by atoms with Gasteiger partial charge in [-0.1, -0.05) is 25.7 Å². The van der Waals surface area contributed by atoms with Gasteiger partial charge in [0.1, 0.15) is 17.8 Å². The monoisotopic (exact) mass is 270 g/mol. The predicted molar refractivity (Wildman–Crippen MR) is 80.9 cm³/mol. The summed E-state index contributed by atoms with van der Waals surface area (Å²) < 4.78 is 0. The van der Waals surface area contributed by atoms with Crippen molar-refractivity contribution < 1.29 is 0 Å². The molecule has 4 rings (SSSR count). The fraction of sp³-hybridized carbons (Fsp3) is 0.625. The maximum atomic E-state index is 4.64. The maximum Gasteiger partial charge on any atom is 0.142 e. The van der Waals surface area contributed by atoms with Gasteiger partial charge in [0.25, 0.3) is 0 Å². The van der Waals surface area contributed by atoms with E-state index in [9.17, 15) is 0 Å². The molecule has 1 N–H and O–H groups in total. The van der Waals surface area contributed by atoms with Gasteiger partial charge in [0.2, 0.25) is 0 Å². The lowest BCUT2D eigenvalue weighted by atomic mass is 10.1. The van der Waals surface area contributed by atoms with Crippen molar-refractivity contribution in [2.24, 2.45) is 0 Å². The molecule has 0 aliphatic heterocycles. The largest absolute Gasteiger partial charge is 0.350 e. The normalized spacial score (nSPS) is 21.0. The number of hydrogen-bond donors (Lipinski definition) is 1. The first-order valence-corrected chi connectivity index (χ1v) is 8.00. The number of aromatic nitrogens is 3. The van der Waals surface area contributed by atoms with Gasteiger partial charge in [0.15, 0.2) is 0 Å². The van der Waals surface area contributed by atoms with Crippen LogP contribution in [0.4, 0.5) is 5.82 Å². The fourth-order valence-corrected chi connectivity index (χ4v) is 3.60. The Hall–Kier alpha value is -1.58. The van der Waals surface area contributed by atoms with E-state index >= 15 is 0 Å². The van der Waals surface area contributed by atoms with Crippen LogP contribution in [0.25, 0.3) is 11.0 Å². The van der Waals surface area contributed by atoms with Gasteiger partial charge in [-0.3, -0.25) is 0 Å². The van der Waals surface area contributed by atoms with Crippen LogP contribution in [0.3, 0.4) is 0 Å². The standard InChI is InChI=1S/C16H22N4/c1-2-4-6-12(5-3-1)20(13-7-8-13)16-14-9-10-17-15(14)18-11-19-16/h9-13H,1-8H2,(H,17,18,19). The molecule has 0 atom stereocenters. The highest BCUT2D eigenvalue weighted by atomic mass is 15.3. The third-order valence-electron chi connectivity index (χ3n) is 4.74. The summed E-state index contributed by atoms with van der Waals surface area (Å²) in [5.41, 5.74) is 0.967. The van der Waals surface area contributed by atoms with E-state index in [-0.39, 0.29) is 0 Å². The first kappa shape index (κ1) is 12.2. The van der Waals surface area contributed by atoms with Crippen molar-refractivity contribution in [3.05, 3.63) is 18.6 Å². The molecule has 2 aromatic rings. The van der Waals surface area contributed by atoms with Crippen molar-refractivity contribution in [3.8, 4) is 0 Å². The van der Waals surface area contributed by atoms with E-state index in [4.69, 9.17) is 0 Å². The molecule has 106 valence electrons. The Morgan fingerprint density at radius 1 is 0.950 bits per heavy atom. The molecule has 2 heterocycles. The summed E-state index contributed by atoms with van der Waals surface area (Å²) in [5, 5.41) is 1.18. The topological polar surface area (TPSA) is 44.8 Å². The van der Waals surface area contributed by atoms with Crippen LogP contribution in [-0.4, -0.2) is 27.0 Å². The molecule has 4 nitrogen and oxygen atoms in total. The van der Waals surface area contributed by atoms with Gasteiger partial charge >= 0.3 is 0 Å². The third-order valence-corrected chi connectivity index (χ3v) is 4.74. The van der Waals surface area contributed by atoms with Crippen LogP contribution >= 0.6 is 0 Å². The first-order valence-electron chi connectivity index (χ1n) is 8.00. The van der Waals surface area contributed by atoms with E-state index in [1.54, 1.807) is 6.33 Å². The molecule has 2 aliphatic rings. The Labute approximate surface area is 119 Å². The second kappa shape index (κ2) is 5.08. The Kier molecular flexibility index (Phi) is 3.09. The zero-order chi connectivity index (χ0) is 13.4. The molecular formula is C16H22N4. The molecule has 20 heavy (non-hydrogen) atoms. The number of hydrogen-bond acceptors (Lipinski definition) is 3. The van der Waals surface area contributed by atoms with Gasteiger partial charge in [0, 0.05) is 18.3 Å². The van der Waals surface area contributed by atoms with Crippen LogP contribution in [0.5, 0.6) is 0 Å². The van der Waals surface area contributed by atoms with E-state index < -0.39 is 0 Å². The van der Waals surface area contributed by atoms with Crippen LogP contribution < -0.4 is 4.90 Å². The fourth-order valence-electron chi connectivity index (χ4n) is 3.60. The zero-order valence-electron chi connectivity index (χ0n) is 11.9. The molecule has 0 amide bonds. The molecule has 2 fully saturated rings. The van der Waals surface area contributed by atoms with Crippen molar-refractivity contribution in [2.75, 3.05) is 4.90 Å². The van der Waals surface area contributed by atoms with E-state index in [1.165, 1.54) is 56.8 Å². The predicted octanol–water partition coefficient (Wildman–Crippen LogP) is 3.65. The maximum absolute atomic E-state index is 4.64. The smallest absolute Gasteiger partial charge is 0.142 e. The lowest BCUT2D eigenvalue weighted by Crippen LogP contribution is -2.37. The second-order valence-corrected chi connectivity index (χ2v) is 6.22. The molecule has 0 unspecified atom stereocenters. The quantitative estimate of drug-likeness (QED) is 0.866. The number of H-pyrrole nitrogens is 1. The number of nitrogens with one attached hydrogen (secondary N) is 1. The van der Waals surface area contributed by atoms with Gasteiger partial charge in [-0.2, -0.15) is 0 Å². The summed E-state index contributed by atoms with van der Waals surface area (Å²) in [4.78, 5) is 14.8. The SMILES string of the molecule is c1nc(N(C2CCCCCC2)C2CC2)c2cc[nH]c2n1. The lowest BCUT2D eigenvalue weighted by molar-refractivity contribution is 0.518. The van der Waals surface area contributed by atoms with Crippen LogP contribution in [0, 0.1) is 0 Å². The molecule has 0 aromatic carbocycles. The average Bonchev–Trinajstić information content (AvgIpc) is 3.23. The molecular weight excluding hydrogens is 248 g/mol. The Balaban J connectivity index is 1.72. The summed E-state index contributed by atoms with van der Waals surface area (Å²) >= 11 is 0. The minimum atomic E-state index is 0.679. The highest BCUT2D eigenvalue weighted by Crippen LogP contribution is 2.38. The molecule has 0 spiro atoms. The molecule has 0 radical (unpaired) electrons. The zero-order valence-corrected chi connectivity index (χ0v) is 11.9. The van der Waals surface area contributed by atoms with Crippen LogP contribution in [0.1, 0.15) is 51.4 Å². The summed E-state index contributed by atoms with van der Waals surface area (Å²) in [6.07, 6.45) is 14.5. The number of nitrogens with zero attached hydrogens (tertiary/aromatic N) is 3. The van der Waals surface area contributed by atoms with Crippen LogP contribution in [0.2, 0.25) is 0 Å². The van der Waals surface area contributed by atoms with Crippen molar-refractivity contribution in [1.29, 1.82) is 0 Å². The molecule has 0 saturated heterocycles. The number of aromatic amines is 1. The first-order chi connectivity index (χ1) is 9.93. The van der Waals surface area contributed by atoms with Crippen LogP contribution in [0.15, 0.2) is 18.6 Å². The summed E-state index contributed by atoms with van der Waals surface area (Å²) in [6, 6.07) is 3.51. The number of fused-ring (bicyclic) bond motifs is 1. The number of rotatable bonds is 3. The Bertz CT molecular complexity index is 579. The molecule has 2 aromatic heterocycles. The highest BCUT2D eigenvalue weighted by molar-refractivity contribution is 5.87. The van der Waals surface area contributed by atoms with Gasteiger partial charge < -0.3 is 9.88 Å². The van der Waals surface area contributed by atoms with Crippen molar-refractivity contribution in [2.45, 2.75) is 63.5 Å². The van der Waals surface area contributed by atoms with Gasteiger partial charge in [0.05, 0.1) is 5.39 Å². The summed E-state index contributed by atoms with van der Waals surface area (Å²) in [7, 11) is 0. The van der Waals surface area contributed by atoms with E-state index in [1.807, 2.05) is 6.20 Å². The van der Waals surface area contributed by atoms with Gasteiger partial charge in [-0.25, -0.2) is 9.97 Å². The minimum Gasteiger partial charge on any atom is -0.350 e. The Morgan fingerprint density at radius 2 is 1.70 bits per heavy atom. The van der Waals surface area contributed by atoms with Gasteiger partial charge in [-0.15, -0.1) is 0 Å². The summed E-state index contributed by atoms with van der Waals surface area (Å²) in [5.74, 6) is 1.16. The molecule has 2 aliphatic carbocycles. The van der Waals surface area contributed by atoms with E-state index in [0.717, 1.165) is 11.5 Å². The van der Waals surface area contributed by atoms with Crippen molar-refractivity contribution in [3.63, 3.8) is 0 Å². The molecule has 0 bridgehead atoms. The van der Waals surface area contributed by atoms with Crippen molar-refractivity contribution in [1.82, 2.24) is 15.0 Å². The van der Waals surface area contributed by atoms with Gasteiger partial charge in [-0.05, 0) is 31.7 Å². The third kappa shape index (κ3) is 2.17. The highest BCUT2D eigenvalue weighted by Gasteiger charge is 2.35. The van der Waals surface area contributed by atoms with E-state index in [0.29, 0.717) is 12.1 Å². The van der Waals surface area contributed by atoms with Crippen LogP contribution in [-0.2, 0) is 0 Å². The second-order valence-electron chi connectivity index (χ2n) is 6.22. The van der Waals surface area contributed by atoms with E-state index in [2.05, 4.69) is 25.9 Å². The Morgan fingerprint density at radius 3 is 2.45 bits per heavy atom. The summed E-state index contributed by atoms with van der Waals surface area (Å²) in [6.45, 7) is 0. The molecule has 2 saturated carbocycles. The lowest BCUT2D eigenvalue weighted by Gasteiger charge is -2.32.